The molecule has 0 spiro atoms. The Labute approximate surface area is 197 Å². The molecule has 0 radical (unpaired) electrons. The van der Waals surface area contributed by atoms with Crippen LogP contribution in [0.1, 0.15) is 24.3 Å². The van der Waals surface area contributed by atoms with Crippen molar-refractivity contribution in [2.75, 3.05) is 43.8 Å². The second-order valence-electron chi connectivity index (χ2n) is 7.68. The van der Waals surface area contributed by atoms with Crippen LogP contribution in [0.3, 0.4) is 0 Å². The van der Waals surface area contributed by atoms with Gasteiger partial charge in [-0.05, 0) is 42.8 Å². The molecular formula is C22H28F3N3O5S. The predicted molar refractivity (Wildman–Crippen MR) is 122 cm³/mol. The Morgan fingerprint density at radius 1 is 1.09 bits per heavy atom. The van der Waals surface area contributed by atoms with Gasteiger partial charge in [0.05, 0.1) is 18.6 Å². The number of nitrogens with one attached hydrogen (secondary N) is 1. The van der Waals surface area contributed by atoms with Gasteiger partial charge in [-0.1, -0.05) is 12.1 Å². The minimum absolute atomic E-state index is 0. The van der Waals surface area contributed by atoms with Crippen molar-refractivity contribution in [3.63, 3.8) is 0 Å². The van der Waals surface area contributed by atoms with Gasteiger partial charge in [0, 0.05) is 39.7 Å². The number of anilines is 1. The lowest BCUT2D eigenvalue weighted by Crippen LogP contribution is -2.48. The molecule has 1 fully saturated rings. The van der Waals surface area contributed by atoms with Gasteiger partial charge in [-0.3, -0.25) is 14.4 Å². The highest BCUT2D eigenvalue weighted by molar-refractivity contribution is 7.92. The van der Waals surface area contributed by atoms with Gasteiger partial charge in [0.25, 0.3) is 5.91 Å². The SMILES string of the molecule is CCS(=O)(=O)Nc1ccc(C(=O)N2CCN(Cc3ccc(OC)cc3)CC2)cc1OC(F)(F)F.[HH]. The van der Waals surface area contributed by atoms with Crippen molar-refractivity contribution in [2.24, 2.45) is 0 Å². The number of carbonyl (C=O) groups excluding carboxylic acids is 1. The smallest absolute Gasteiger partial charge is 0.497 e. The zero-order valence-corrected chi connectivity index (χ0v) is 19.6. The van der Waals surface area contributed by atoms with Crippen LogP contribution in [-0.2, 0) is 16.6 Å². The summed E-state index contributed by atoms with van der Waals surface area (Å²) in [6.45, 7) is 4.03. The molecule has 0 saturated carbocycles. The Balaban J connectivity index is 0.00000432. The minimum atomic E-state index is -5.05. The van der Waals surface area contributed by atoms with Crippen LogP contribution in [0.4, 0.5) is 18.9 Å². The maximum atomic E-state index is 12.9. The predicted octanol–water partition coefficient (Wildman–Crippen LogP) is 3.56. The summed E-state index contributed by atoms with van der Waals surface area (Å²) in [5, 5.41) is 0. The Kier molecular flexibility index (Phi) is 7.93. The number of carbonyl (C=O) groups is 1. The highest BCUT2D eigenvalue weighted by Gasteiger charge is 2.33. The van der Waals surface area contributed by atoms with E-state index in [0.29, 0.717) is 32.7 Å². The summed E-state index contributed by atoms with van der Waals surface area (Å²) in [5.41, 5.74) is 0.682. The van der Waals surface area contributed by atoms with Crippen molar-refractivity contribution in [3.8, 4) is 11.5 Å². The van der Waals surface area contributed by atoms with Crippen molar-refractivity contribution < 1.29 is 37.3 Å². The average molecular weight is 504 g/mol. The van der Waals surface area contributed by atoms with E-state index in [-0.39, 0.29) is 18.4 Å². The van der Waals surface area contributed by atoms with Crippen LogP contribution in [0.5, 0.6) is 11.5 Å². The second-order valence-corrected chi connectivity index (χ2v) is 9.69. The van der Waals surface area contributed by atoms with Crippen LogP contribution in [-0.4, -0.2) is 69.5 Å². The number of halogens is 3. The first kappa shape index (κ1) is 25.6. The van der Waals surface area contributed by atoms with E-state index in [4.69, 9.17) is 4.74 Å². The maximum absolute atomic E-state index is 12.9. The van der Waals surface area contributed by atoms with Crippen LogP contribution in [0.25, 0.3) is 0 Å². The molecule has 0 aliphatic carbocycles. The summed E-state index contributed by atoms with van der Waals surface area (Å²) in [5.74, 6) is -0.809. The van der Waals surface area contributed by atoms with Gasteiger partial charge < -0.3 is 14.4 Å². The number of amides is 1. The van der Waals surface area contributed by atoms with Crippen molar-refractivity contribution in [2.45, 2.75) is 19.8 Å². The topological polar surface area (TPSA) is 88.2 Å². The molecule has 1 heterocycles. The molecule has 188 valence electrons. The van der Waals surface area contributed by atoms with Crippen molar-refractivity contribution >= 4 is 21.6 Å². The summed E-state index contributed by atoms with van der Waals surface area (Å²) < 4.78 is 73.5. The Morgan fingerprint density at radius 3 is 2.29 bits per heavy atom. The Bertz CT molecular complexity index is 1110. The fourth-order valence-electron chi connectivity index (χ4n) is 3.47. The van der Waals surface area contributed by atoms with Crippen molar-refractivity contribution in [3.05, 3.63) is 53.6 Å². The second kappa shape index (κ2) is 10.5. The lowest BCUT2D eigenvalue weighted by Gasteiger charge is -2.35. The normalized spacial score (nSPS) is 15.1. The Hall–Kier alpha value is -2.99. The van der Waals surface area contributed by atoms with Crippen LogP contribution in [0.2, 0.25) is 0 Å². The first-order valence-corrected chi connectivity index (χ1v) is 12.2. The van der Waals surface area contributed by atoms with E-state index in [0.717, 1.165) is 23.4 Å². The molecule has 34 heavy (non-hydrogen) atoms. The molecule has 1 saturated heterocycles. The molecule has 0 unspecified atom stereocenters. The third-order valence-corrected chi connectivity index (χ3v) is 6.62. The zero-order chi connectivity index (χ0) is 24.9. The number of nitrogens with zero attached hydrogens (tertiary/aromatic N) is 2. The fourth-order valence-corrected chi connectivity index (χ4v) is 4.12. The van der Waals surface area contributed by atoms with Crippen molar-refractivity contribution in [1.29, 1.82) is 0 Å². The number of rotatable bonds is 8. The fraction of sp³-hybridized carbons (Fsp3) is 0.409. The van der Waals surface area contributed by atoms with Gasteiger partial charge in [-0.25, -0.2) is 8.42 Å². The summed E-state index contributed by atoms with van der Waals surface area (Å²) >= 11 is 0. The quantitative estimate of drug-likeness (QED) is 0.593. The number of sulfonamides is 1. The van der Waals surface area contributed by atoms with E-state index in [2.05, 4.69) is 9.64 Å². The van der Waals surface area contributed by atoms with Crippen LogP contribution in [0.15, 0.2) is 42.5 Å². The first-order chi connectivity index (χ1) is 16.0. The van der Waals surface area contributed by atoms with E-state index in [1.165, 1.54) is 13.0 Å². The number of piperazine rings is 1. The lowest BCUT2D eigenvalue weighted by atomic mass is 10.1. The summed E-state index contributed by atoms with van der Waals surface area (Å²) in [7, 11) is -2.25. The van der Waals surface area contributed by atoms with Gasteiger partial charge in [0.15, 0.2) is 5.75 Å². The molecule has 2 aromatic carbocycles. The van der Waals surface area contributed by atoms with Crippen LogP contribution >= 0.6 is 0 Å². The van der Waals surface area contributed by atoms with Gasteiger partial charge in [0.1, 0.15) is 5.75 Å². The molecule has 1 aliphatic heterocycles. The van der Waals surface area contributed by atoms with Gasteiger partial charge in [-0.2, -0.15) is 0 Å². The number of hydrogen-bond acceptors (Lipinski definition) is 6. The molecule has 0 aromatic heterocycles. The van der Waals surface area contributed by atoms with Gasteiger partial charge in [0.2, 0.25) is 10.0 Å². The number of methoxy groups -OCH3 is 1. The first-order valence-electron chi connectivity index (χ1n) is 10.5. The standard InChI is InChI=1S/C22H26F3N3O5S.H2/c1-3-34(30,31)26-19-9-6-17(14-20(19)33-22(23,24)25)21(29)28-12-10-27(11-13-28)15-16-4-7-18(32-2)8-5-16;/h4-9,14,26H,3,10-13,15H2,1-2H3;1H. The Morgan fingerprint density at radius 2 is 1.74 bits per heavy atom. The van der Waals surface area contributed by atoms with Crippen molar-refractivity contribution in [1.82, 2.24) is 9.80 Å². The number of alkyl halides is 3. The van der Waals surface area contributed by atoms with Crippen LogP contribution < -0.4 is 14.2 Å². The molecule has 1 N–H and O–H groups in total. The third-order valence-electron chi connectivity index (χ3n) is 5.32. The lowest BCUT2D eigenvalue weighted by molar-refractivity contribution is -0.274. The summed E-state index contributed by atoms with van der Waals surface area (Å²) in [4.78, 5) is 16.6. The minimum Gasteiger partial charge on any atom is -0.497 e. The highest BCUT2D eigenvalue weighted by atomic mass is 32.2. The molecule has 8 nitrogen and oxygen atoms in total. The van der Waals surface area contributed by atoms with Gasteiger partial charge in [-0.15, -0.1) is 13.2 Å². The average Bonchev–Trinajstić information content (AvgIpc) is 2.80. The monoisotopic (exact) mass is 503 g/mol. The molecule has 1 aliphatic rings. The highest BCUT2D eigenvalue weighted by Crippen LogP contribution is 2.32. The molecule has 3 rings (SSSR count). The van der Waals surface area contributed by atoms with E-state index in [9.17, 15) is 26.4 Å². The van der Waals surface area contributed by atoms with E-state index >= 15 is 0 Å². The van der Waals surface area contributed by atoms with E-state index < -0.39 is 28.0 Å². The maximum Gasteiger partial charge on any atom is 0.573 e. The zero-order valence-electron chi connectivity index (χ0n) is 18.8. The summed E-state index contributed by atoms with van der Waals surface area (Å²) in [6, 6.07) is 11.0. The van der Waals surface area contributed by atoms with E-state index in [1.54, 1.807) is 12.0 Å². The largest absolute Gasteiger partial charge is 0.573 e. The number of hydrogen-bond donors (Lipinski definition) is 1. The van der Waals surface area contributed by atoms with Crippen LogP contribution in [0, 0.1) is 0 Å². The van der Waals surface area contributed by atoms with E-state index in [1.807, 2.05) is 29.0 Å². The molecular weight excluding hydrogens is 475 g/mol. The molecule has 0 atom stereocenters. The third kappa shape index (κ3) is 7.00. The number of benzene rings is 2. The van der Waals surface area contributed by atoms with Gasteiger partial charge >= 0.3 is 6.36 Å². The molecule has 12 heteroatoms. The molecule has 0 bridgehead atoms. The summed E-state index contributed by atoms with van der Waals surface area (Å²) in [6.07, 6.45) is -5.05. The molecule has 2 aromatic rings. The number of ether oxygens (including phenoxy) is 2. The molecule has 1 amide bonds.